The number of esters is 1. The van der Waals surface area contributed by atoms with Crippen LogP contribution in [0.25, 0.3) is 11.8 Å². The zero-order valence-electron chi connectivity index (χ0n) is 15.1. The number of methoxy groups -OCH3 is 1. The fourth-order valence-electron chi connectivity index (χ4n) is 2.57. The Balaban J connectivity index is 1.93. The number of H-pyrrole nitrogens is 1. The number of nitrogens with one attached hydrogen (secondary N) is 1. The summed E-state index contributed by atoms with van der Waals surface area (Å²) in [5.41, 5.74) is 1.99. The number of aliphatic hydroxyl groups excluding tert-OH is 1. The predicted molar refractivity (Wildman–Crippen MR) is 102 cm³/mol. The monoisotopic (exact) mass is 378 g/mol. The van der Waals surface area contributed by atoms with Gasteiger partial charge in [0, 0.05) is 24.9 Å². The highest BCUT2D eigenvalue weighted by Gasteiger charge is 2.14. The van der Waals surface area contributed by atoms with Gasteiger partial charge in [0.05, 0.1) is 12.8 Å². The van der Waals surface area contributed by atoms with E-state index in [1.807, 2.05) is 30.3 Å². The minimum Gasteiger partial charge on any atom is -0.504 e. The van der Waals surface area contributed by atoms with Crippen molar-refractivity contribution in [3.63, 3.8) is 0 Å². The summed E-state index contributed by atoms with van der Waals surface area (Å²) in [7, 11) is 1.29. The molecule has 3 aromatic rings. The van der Waals surface area contributed by atoms with Crippen molar-refractivity contribution in [3.05, 3.63) is 83.7 Å². The number of aromatic nitrogens is 4. The fourth-order valence-corrected chi connectivity index (χ4v) is 2.57. The van der Waals surface area contributed by atoms with Crippen LogP contribution in [0.3, 0.4) is 0 Å². The first-order valence-electron chi connectivity index (χ1n) is 8.38. The van der Waals surface area contributed by atoms with Crippen molar-refractivity contribution in [3.8, 4) is 0 Å². The molecule has 0 aliphatic heterocycles. The number of ketones is 1. The Morgan fingerprint density at radius 2 is 2.07 bits per heavy atom. The van der Waals surface area contributed by atoms with Crippen LogP contribution in [0.2, 0.25) is 0 Å². The fraction of sp³-hybridized carbons (Fsp3) is 0.100. The SMILES string of the molecule is COC(=O)C=Cc1cc(C(=O)C=C(O)c2nc[nH]n2)n(Cc2ccccc2)c1. The molecule has 0 aliphatic carbocycles. The van der Waals surface area contributed by atoms with Gasteiger partial charge in [0.15, 0.2) is 5.76 Å². The highest BCUT2D eigenvalue weighted by atomic mass is 16.5. The molecule has 2 heterocycles. The average Bonchev–Trinajstić information content (AvgIpc) is 3.37. The van der Waals surface area contributed by atoms with E-state index in [4.69, 9.17) is 0 Å². The number of aliphatic hydroxyl groups is 1. The Labute approximate surface area is 160 Å². The van der Waals surface area contributed by atoms with Crippen molar-refractivity contribution in [1.29, 1.82) is 0 Å². The second-order valence-corrected chi connectivity index (χ2v) is 5.85. The quantitative estimate of drug-likeness (QED) is 0.283. The van der Waals surface area contributed by atoms with Gasteiger partial charge in [-0.2, -0.15) is 5.10 Å². The number of hydrogen-bond donors (Lipinski definition) is 2. The molecule has 8 nitrogen and oxygen atoms in total. The van der Waals surface area contributed by atoms with Crippen molar-refractivity contribution in [2.45, 2.75) is 6.54 Å². The summed E-state index contributed by atoms with van der Waals surface area (Å²) in [5.74, 6) is -1.23. The standard InChI is InChI=1S/C20H18N4O4/c1-28-19(27)8-7-15-9-16(17(25)10-18(26)20-21-13-22-23-20)24(12-15)11-14-5-3-2-4-6-14/h2-10,12-13,26H,11H2,1H3,(H,21,22,23). The third kappa shape index (κ3) is 4.61. The Hall–Kier alpha value is -3.94. The minimum atomic E-state index is -0.495. The molecule has 0 saturated heterocycles. The van der Waals surface area contributed by atoms with Crippen LogP contribution in [0.5, 0.6) is 0 Å². The van der Waals surface area contributed by atoms with Crippen molar-refractivity contribution in [2.75, 3.05) is 7.11 Å². The number of benzene rings is 1. The first kappa shape index (κ1) is 18.8. The smallest absolute Gasteiger partial charge is 0.330 e. The summed E-state index contributed by atoms with van der Waals surface area (Å²) in [6.45, 7) is 0.448. The number of rotatable bonds is 7. The summed E-state index contributed by atoms with van der Waals surface area (Å²) >= 11 is 0. The molecule has 0 bridgehead atoms. The zero-order valence-corrected chi connectivity index (χ0v) is 15.1. The van der Waals surface area contributed by atoms with Crippen molar-refractivity contribution < 1.29 is 19.4 Å². The van der Waals surface area contributed by atoms with Gasteiger partial charge in [0.2, 0.25) is 11.6 Å². The third-order valence-corrected chi connectivity index (χ3v) is 3.89. The Bertz CT molecular complexity index is 1020. The highest BCUT2D eigenvalue weighted by molar-refractivity contribution is 6.07. The predicted octanol–water partition coefficient (Wildman–Crippen LogP) is 2.62. The van der Waals surface area contributed by atoms with Crippen LogP contribution in [-0.4, -0.2) is 43.7 Å². The number of carbonyl (C=O) groups is 2. The molecule has 8 heteroatoms. The van der Waals surface area contributed by atoms with E-state index < -0.39 is 11.8 Å². The van der Waals surface area contributed by atoms with Crippen molar-refractivity contribution in [1.82, 2.24) is 19.7 Å². The highest BCUT2D eigenvalue weighted by Crippen LogP contribution is 2.16. The third-order valence-electron chi connectivity index (χ3n) is 3.89. The normalized spacial score (nSPS) is 11.7. The van der Waals surface area contributed by atoms with Gasteiger partial charge in [0.25, 0.3) is 0 Å². The maximum atomic E-state index is 12.7. The van der Waals surface area contributed by atoms with Gasteiger partial charge in [-0.3, -0.25) is 9.89 Å². The number of hydrogen-bond acceptors (Lipinski definition) is 6. The molecule has 2 N–H and O–H groups in total. The van der Waals surface area contributed by atoms with E-state index in [-0.39, 0.29) is 11.6 Å². The molecule has 1 aromatic carbocycles. The summed E-state index contributed by atoms with van der Waals surface area (Å²) in [6, 6.07) is 11.2. The van der Waals surface area contributed by atoms with E-state index in [2.05, 4.69) is 19.9 Å². The topological polar surface area (TPSA) is 110 Å². The van der Waals surface area contributed by atoms with Crippen molar-refractivity contribution >= 4 is 23.6 Å². The van der Waals surface area contributed by atoms with Crippen LogP contribution in [0.1, 0.15) is 27.4 Å². The lowest BCUT2D eigenvalue weighted by Crippen LogP contribution is -2.08. The Kier molecular flexibility index (Phi) is 5.81. The van der Waals surface area contributed by atoms with Crippen LogP contribution in [0.15, 0.2) is 61.1 Å². The van der Waals surface area contributed by atoms with Crippen molar-refractivity contribution in [2.24, 2.45) is 0 Å². The van der Waals surface area contributed by atoms with E-state index in [1.165, 1.54) is 19.5 Å². The van der Waals surface area contributed by atoms with Gasteiger partial charge in [-0.1, -0.05) is 30.3 Å². The average molecular weight is 378 g/mol. The Morgan fingerprint density at radius 3 is 2.75 bits per heavy atom. The largest absolute Gasteiger partial charge is 0.504 e. The molecular weight excluding hydrogens is 360 g/mol. The number of carbonyl (C=O) groups excluding carboxylic acids is 2. The van der Waals surface area contributed by atoms with E-state index in [1.54, 1.807) is 22.9 Å². The molecule has 0 aliphatic rings. The minimum absolute atomic E-state index is 0.0281. The number of nitrogens with zero attached hydrogens (tertiary/aromatic N) is 3. The first-order valence-corrected chi connectivity index (χ1v) is 8.38. The molecular formula is C20H18N4O4. The Morgan fingerprint density at radius 1 is 1.29 bits per heavy atom. The maximum absolute atomic E-state index is 12.7. The van der Waals surface area contributed by atoms with Gasteiger partial charge in [-0.15, -0.1) is 0 Å². The molecule has 142 valence electrons. The molecule has 0 radical (unpaired) electrons. The summed E-state index contributed by atoms with van der Waals surface area (Å²) < 4.78 is 6.33. The van der Waals surface area contributed by atoms with E-state index in [0.29, 0.717) is 17.8 Å². The molecule has 0 saturated carbocycles. The number of ether oxygens (including phenoxy) is 1. The summed E-state index contributed by atoms with van der Waals surface area (Å²) in [4.78, 5) is 27.9. The maximum Gasteiger partial charge on any atom is 0.330 e. The van der Waals surface area contributed by atoms with Crippen LogP contribution in [-0.2, 0) is 16.1 Å². The van der Waals surface area contributed by atoms with Crippen LogP contribution < -0.4 is 0 Å². The molecule has 0 unspecified atom stereocenters. The number of allylic oxidation sites excluding steroid dienone is 1. The molecule has 0 amide bonds. The lowest BCUT2D eigenvalue weighted by Gasteiger charge is -2.07. The second-order valence-electron chi connectivity index (χ2n) is 5.85. The van der Waals surface area contributed by atoms with E-state index in [9.17, 15) is 14.7 Å². The van der Waals surface area contributed by atoms with Gasteiger partial charge < -0.3 is 14.4 Å². The van der Waals surface area contributed by atoms with Gasteiger partial charge in [-0.05, 0) is 23.3 Å². The van der Waals surface area contributed by atoms with E-state index in [0.717, 1.165) is 11.6 Å². The van der Waals surface area contributed by atoms with Crippen LogP contribution >= 0.6 is 0 Å². The van der Waals surface area contributed by atoms with Gasteiger partial charge in [-0.25, -0.2) is 9.78 Å². The molecule has 0 fully saturated rings. The molecule has 0 atom stereocenters. The number of aromatic amines is 1. The zero-order chi connectivity index (χ0) is 19.9. The van der Waals surface area contributed by atoms with Gasteiger partial charge >= 0.3 is 5.97 Å². The molecule has 2 aromatic heterocycles. The lowest BCUT2D eigenvalue weighted by atomic mass is 10.2. The molecule has 0 spiro atoms. The summed E-state index contributed by atoms with van der Waals surface area (Å²) in [5, 5.41) is 16.3. The van der Waals surface area contributed by atoms with E-state index >= 15 is 0 Å². The van der Waals surface area contributed by atoms with Crippen LogP contribution in [0.4, 0.5) is 0 Å². The second kappa shape index (κ2) is 8.63. The first-order chi connectivity index (χ1) is 13.6. The lowest BCUT2D eigenvalue weighted by molar-refractivity contribution is -0.134. The summed E-state index contributed by atoms with van der Waals surface area (Å²) in [6.07, 6.45) is 6.95. The van der Waals surface area contributed by atoms with Gasteiger partial charge in [0.1, 0.15) is 6.33 Å². The molecule has 3 rings (SSSR count). The van der Waals surface area contributed by atoms with Crippen LogP contribution in [0, 0.1) is 0 Å². The molecule has 28 heavy (non-hydrogen) atoms.